The Kier molecular flexibility index (Phi) is 5.41. The van der Waals surface area contributed by atoms with Gasteiger partial charge in [-0.2, -0.15) is 0 Å². The van der Waals surface area contributed by atoms with Gasteiger partial charge in [0.25, 0.3) is 10.0 Å². The van der Waals surface area contributed by atoms with E-state index in [0.717, 1.165) is 11.3 Å². The molecule has 0 saturated heterocycles. The van der Waals surface area contributed by atoms with E-state index in [2.05, 4.69) is 18.6 Å². The first-order valence-corrected chi connectivity index (χ1v) is 10.4. The molecule has 0 radical (unpaired) electrons. The second-order valence-corrected chi connectivity index (χ2v) is 8.71. The fourth-order valence-electron chi connectivity index (χ4n) is 3.16. The molecule has 2 aromatic carbocycles. The molecule has 0 saturated carbocycles. The smallest absolute Gasteiger partial charge is 0.261 e. The molecule has 144 valence electrons. The molecular formula is C20H24N2O4S. The third-order valence-electron chi connectivity index (χ3n) is 4.45. The molecule has 3 rings (SSSR count). The number of methoxy groups -OCH3 is 1. The van der Waals surface area contributed by atoms with Crippen molar-refractivity contribution in [2.45, 2.75) is 31.6 Å². The number of amides is 1. The third-order valence-corrected chi connectivity index (χ3v) is 5.85. The molecule has 1 heterocycles. The normalized spacial score (nSPS) is 14.2. The van der Waals surface area contributed by atoms with Gasteiger partial charge in [-0.25, -0.2) is 8.42 Å². The summed E-state index contributed by atoms with van der Waals surface area (Å²) < 4.78 is 32.9. The van der Waals surface area contributed by atoms with Gasteiger partial charge in [0.1, 0.15) is 5.75 Å². The number of anilines is 2. The minimum absolute atomic E-state index is 0.114. The van der Waals surface area contributed by atoms with Crippen molar-refractivity contribution in [1.29, 1.82) is 0 Å². The topological polar surface area (TPSA) is 75.7 Å². The van der Waals surface area contributed by atoms with Crippen LogP contribution in [0.15, 0.2) is 47.4 Å². The Hall–Kier alpha value is -2.54. The molecule has 2 aromatic rings. The van der Waals surface area contributed by atoms with Crippen LogP contribution < -0.4 is 14.4 Å². The van der Waals surface area contributed by atoms with E-state index >= 15 is 0 Å². The van der Waals surface area contributed by atoms with E-state index in [4.69, 9.17) is 4.74 Å². The van der Waals surface area contributed by atoms with Crippen LogP contribution in [0.2, 0.25) is 0 Å². The maximum absolute atomic E-state index is 12.6. The Balaban J connectivity index is 1.85. The molecule has 0 unspecified atom stereocenters. The lowest BCUT2D eigenvalue weighted by Gasteiger charge is -2.31. The number of benzene rings is 2. The summed E-state index contributed by atoms with van der Waals surface area (Å²) in [5.41, 5.74) is 2.33. The SMILES string of the molecule is COc1ccc(S(=O)(=O)Nc2ccc3c(c2)CCC(=O)N3CC(C)C)cc1. The predicted octanol–water partition coefficient (Wildman–Crippen LogP) is 3.43. The summed E-state index contributed by atoms with van der Waals surface area (Å²) in [6, 6.07) is 11.6. The van der Waals surface area contributed by atoms with Crippen LogP contribution in [0.1, 0.15) is 25.8 Å². The Morgan fingerprint density at radius 3 is 2.44 bits per heavy atom. The monoisotopic (exact) mass is 388 g/mol. The average molecular weight is 388 g/mol. The number of nitrogens with zero attached hydrogens (tertiary/aromatic N) is 1. The quantitative estimate of drug-likeness (QED) is 0.823. The van der Waals surface area contributed by atoms with E-state index in [1.54, 1.807) is 23.1 Å². The third kappa shape index (κ3) is 4.24. The number of hydrogen-bond donors (Lipinski definition) is 1. The Morgan fingerprint density at radius 2 is 1.81 bits per heavy atom. The summed E-state index contributed by atoms with van der Waals surface area (Å²) in [5, 5.41) is 0. The lowest BCUT2D eigenvalue weighted by Crippen LogP contribution is -2.37. The number of rotatable bonds is 6. The fraction of sp³-hybridized carbons (Fsp3) is 0.350. The fourth-order valence-corrected chi connectivity index (χ4v) is 4.21. The molecule has 27 heavy (non-hydrogen) atoms. The largest absolute Gasteiger partial charge is 0.497 e. The second kappa shape index (κ2) is 7.60. The van der Waals surface area contributed by atoms with Gasteiger partial charge in [-0.1, -0.05) is 13.8 Å². The lowest BCUT2D eigenvalue weighted by atomic mass is 9.99. The first-order valence-electron chi connectivity index (χ1n) is 8.90. The van der Waals surface area contributed by atoms with Gasteiger partial charge < -0.3 is 9.64 Å². The highest BCUT2D eigenvalue weighted by atomic mass is 32.2. The van der Waals surface area contributed by atoms with Gasteiger partial charge in [-0.05, 0) is 60.4 Å². The van der Waals surface area contributed by atoms with Crippen LogP contribution in [0, 0.1) is 5.92 Å². The highest BCUT2D eigenvalue weighted by Gasteiger charge is 2.25. The predicted molar refractivity (Wildman–Crippen MR) is 106 cm³/mol. The second-order valence-electron chi connectivity index (χ2n) is 7.02. The van der Waals surface area contributed by atoms with Crippen molar-refractivity contribution in [2.24, 2.45) is 5.92 Å². The molecule has 1 N–H and O–H groups in total. The first-order chi connectivity index (χ1) is 12.8. The lowest BCUT2D eigenvalue weighted by molar-refractivity contribution is -0.119. The maximum Gasteiger partial charge on any atom is 0.261 e. The molecular weight excluding hydrogens is 364 g/mol. The molecule has 0 aromatic heterocycles. The number of aryl methyl sites for hydroxylation is 1. The van der Waals surface area contributed by atoms with Gasteiger partial charge in [-0.3, -0.25) is 9.52 Å². The van der Waals surface area contributed by atoms with Crippen molar-refractivity contribution in [3.05, 3.63) is 48.0 Å². The molecule has 7 heteroatoms. The van der Waals surface area contributed by atoms with Crippen molar-refractivity contribution in [3.63, 3.8) is 0 Å². The van der Waals surface area contributed by atoms with E-state index in [1.807, 2.05) is 12.1 Å². The zero-order valence-corrected chi connectivity index (χ0v) is 16.5. The molecule has 0 aliphatic carbocycles. The van der Waals surface area contributed by atoms with Crippen LogP contribution in [0.25, 0.3) is 0 Å². The van der Waals surface area contributed by atoms with E-state index in [1.165, 1.54) is 19.2 Å². The van der Waals surface area contributed by atoms with Crippen molar-refractivity contribution in [1.82, 2.24) is 0 Å². The van der Waals surface area contributed by atoms with Crippen LogP contribution in [-0.4, -0.2) is 28.0 Å². The molecule has 6 nitrogen and oxygen atoms in total. The summed E-state index contributed by atoms with van der Waals surface area (Å²) in [4.78, 5) is 14.2. The molecule has 0 fully saturated rings. The van der Waals surface area contributed by atoms with Gasteiger partial charge in [0, 0.05) is 24.3 Å². The van der Waals surface area contributed by atoms with Crippen molar-refractivity contribution in [2.75, 3.05) is 23.3 Å². The number of carbonyl (C=O) groups is 1. The number of fused-ring (bicyclic) bond motifs is 1. The van der Waals surface area contributed by atoms with E-state index in [9.17, 15) is 13.2 Å². The first kappa shape index (κ1) is 19.2. The highest BCUT2D eigenvalue weighted by Crippen LogP contribution is 2.31. The minimum atomic E-state index is -3.69. The van der Waals surface area contributed by atoms with Crippen molar-refractivity contribution >= 4 is 27.3 Å². The summed E-state index contributed by atoms with van der Waals surface area (Å²) >= 11 is 0. The maximum atomic E-state index is 12.6. The molecule has 0 bridgehead atoms. The molecule has 0 spiro atoms. The zero-order chi connectivity index (χ0) is 19.6. The van der Waals surface area contributed by atoms with Crippen LogP contribution in [0.3, 0.4) is 0 Å². The highest BCUT2D eigenvalue weighted by molar-refractivity contribution is 7.92. The minimum Gasteiger partial charge on any atom is -0.497 e. The summed E-state index contributed by atoms with van der Waals surface area (Å²) in [6.45, 7) is 4.79. The van der Waals surface area contributed by atoms with Crippen LogP contribution in [0.5, 0.6) is 5.75 Å². The molecule has 0 atom stereocenters. The average Bonchev–Trinajstić information content (AvgIpc) is 2.63. The van der Waals surface area contributed by atoms with E-state index < -0.39 is 10.0 Å². The summed E-state index contributed by atoms with van der Waals surface area (Å²) in [6.07, 6.45) is 1.05. The van der Waals surface area contributed by atoms with Crippen LogP contribution in [0.4, 0.5) is 11.4 Å². The van der Waals surface area contributed by atoms with Gasteiger partial charge in [-0.15, -0.1) is 0 Å². The number of sulfonamides is 1. The van der Waals surface area contributed by atoms with Gasteiger partial charge >= 0.3 is 0 Å². The Morgan fingerprint density at radius 1 is 1.11 bits per heavy atom. The number of carbonyl (C=O) groups excluding carboxylic acids is 1. The number of nitrogens with one attached hydrogen (secondary N) is 1. The van der Waals surface area contributed by atoms with Crippen molar-refractivity contribution < 1.29 is 17.9 Å². The zero-order valence-electron chi connectivity index (χ0n) is 15.7. The summed E-state index contributed by atoms with van der Waals surface area (Å²) in [7, 11) is -2.16. The van der Waals surface area contributed by atoms with Gasteiger partial charge in [0.15, 0.2) is 0 Å². The standard InChI is InChI=1S/C20H24N2O4S/c1-14(2)13-22-19-10-5-16(12-15(19)4-11-20(22)23)21-27(24,25)18-8-6-17(26-3)7-9-18/h5-10,12,14,21H,4,11,13H2,1-3H3. The summed E-state index contributed by atoms with van der Waals surface area (Å²) in [5.74, 6) is 1.06. The Labute approximate surface area is 160 Å². The van der Waals surface area contributed by atoms with E-state index in [0.29, 0.717) is 36.7 Å². The van der Waals surface area contributed by atoms with E-state index in [-0.39, 0.29) is 10.8 Å². The number of ether oxygens (including phenoxy) is 1. The molecule has 1 aliphatic heterocycles. The van der Waals surface area contributed by atoms with Crippen molar-refractivity contribution in [3.8, 4) is 5.75 Å². The number of hydrogen-bond acceptors (Lipinski definition) is 4. The van der Waals surface area contributed by atoms with Gasteiger partial charge in [0.05, 0.1) is 12.0 Å². The van der Waals surface area contributed by atoms with Gasteiger partial charge in [0.2, 0.25) is 5.91 Å². The molecule has 1 amide bonds. The Bertz CT molecular complexity index is 937. The van der Waals surface area contributed by atoms with Crippen LogP contribution in [-0.2, 0) is 21.2 Å². The molecule has 1 aliphatic rings. The van der Waals surface area contributed by atoms with Crippen LogP contribution >= 0.6 is 0 Å².